The van der Waals surface area contributed by atoms with Crippen molar-refractivity contribution in [2.24, 2.45) is 5.92 Å². The van der Waals surface area contributed by atoms with Gasteiger partial charge in [0.25, 0.3) is 11.6 Å². The van der Waals surface area contributed by atoms with Crippen molar-refractivity contribution >= 4 is 40.5 Å². The Hall–Kier alpha value is -4.87. The first-order chi connectivity index (χ1) is 22.1. The number of non-ortho nitro benzene ring substituents is 1. The smallest absolute Gasteiger partial charge is 0.269 e. The number of likely N-dealkylation sites (tertiary alicyclic amines) is 1. The molecule has 3 amide bonds. The zero-order valence-corrected chi connectivity index (χ0v) is 25.5. The first-order valence-corrected chi connectivity index (χ1v) is 15.5. The normalized spacial score (nSPS) is 21.5. The molecular formula is C35H36N4O7. The lowest BCUT2D eigenvalue weighted by Gasteiger charge is -2.30. The lowest BCUT2D eigenvalue weighted by atomic mass is 9.82. The Morgan fingerprint density at radius 3 is 2.67 bits per heavy atom. The van der Waals surface area contributed by atoms with E-state index in [0.717, 1.165) is 24.1 Å². The number of nitrogens with zero attached hydrogens (tertiary/aromatic N) is 4. The van der Waals surface area contributed by atoms with Crippen molar-refractivity contribution in [3.8, 4) is 0 Å². The van der Waals surface area contributed by atoms with Gasteiger partial charge in [0.2, 0.25) is 11.8 Å². The minimum absolute atomic E-state index is 0.0295. The van der Waals surface area contributed by atoms with Crippen molar-refractivity contribution in [3.05, 3.63) is 106 Å². The van der Waals surface area contributed by atoms with Crippen molar-refractivity contribution in [2.45, 2.75) is 57.2 Å². The molecule has 1 fully saturated rings. The van der Waals surface area contributed by atoms with Gasteiger partial charge < -0.3 is 20.0 Å². The summed E-state index contributed by atoms with van der Waals surface area (Å²) in [6.07, 6.45) is 5.82. The third-order valence-electron chi connectivity index (χ3n) is 9.35. The molecule has 46 heavy (non-hydrogen) atoms. The molecule has 3 atom stereocenters. The SMILES string of the molecule is C[C@H](/C=C/CC(=O)N1CCC[C@H]1CO)[C@@]1(O)C(=O)N(Cc2cccc(N3C(=O)CCc4ccccc43)c2)c2ccc([N+](=O)[O-])cc21. The summed E-state index contributed by atoms with van der Waals surface area (Å²) in [6, 6.07) is 18.8. The number of nitro benzene ring substituents is 1. The molecule has 3 aliphatic heterocycles. The van der Waals surface area contributed by atoms with Gasteiger partial charge in [-0.25, -0.2) is 0 Å². The molecule has 0 bridgehead atoms. The van der Waals surface area contributed by atoms with Crippen LogP contribution in [-0.4, -0.2) is 57.0 Å². The van der Waals surface area contributed by atoms with Crippen LogP contribution in [0.3, 0.4) is 0 Å². The van der Waals surface area contributed by atoms with Gasteiger partial charge in [0.05, 0.1) is 35.5 Å². The molecule has 0 saturated carbocycles. The third-order valence-corrected chi connectivity index (χ3v) is 9.35. The lowest BCUT2D eigenvalue weighted by molar-refractivity contribution is -0.385. The van der Waals surface area contributed by atoms with Crippen LogP contribution in [0, 0.1) is 16.0 Å². The second-order valence-electron chi connectivity index (χ2n) is 12.1. The highest BCUT2D eigenvalue weighted by Gasteiger charge is 2.53. The number of aryl methyl sites for hydroxylation is 1. The van der Waals surface area contributed by atoms with Crippen LogP contribution in [0.25, 0.3) is 0 Å². The Kier molecular flexibility index (Phi) is 8.45. The Bertz CT molecular complexity index is 1740. The molecule has 3 aliphatic rings. The van der Waals surface area contributed by atoms with Crippen LogP contribution >= 0.6 is 0 Å². The number of anilines is 3. The minimum atomic E-state index is -2.12. The van der Waals surface area contributed by atoms with E-state index in [4.69, 9.17) is 0 Å². The van der Waals surface area contributed by atoms with Gasteiger partial charge in [-0.15, -0.1) is 0 Å². The predicted molar refractivity (Wildman–Crippen MR) is 171 cm³/mol. The summed E-state index contributed by atoms with van der Waals surface area (Å²) in [6.45, 7) is 2.16. The van der Waals surface area contributed by atoms with Crippen LogP contribution in [0.5, 0.6) is 0 Å². The largest absolute Gasteiger partial charge is 0.394 e. The van der Waals surface area contributed by atoms with Gasteiger partial charge in [0.1, 0.15) is 0 Å². The molecule has 3 heterocycles. The van der Waals surface area contributed by atoms with Crippen LogP contribution in [0.4, 0.5) is 22.7 Å². The summed E-state index contributed by atoms with van der Waals surface area (Å²) in [5.74, 6) is -1.66. The number of nitro groups is 1. The van der Waals surface area contributed by atoms with E-state index in [1.807, 2.05) is 48.5 Å². The zero-order chi connectivity index (χ0) is 32.6. The molecule has 1 saturated heterocycles. The number of benzene rings is 3. The second kappa shape index (κ2) is 12.5. The van der Waals surface area contributed by atoms with E-state index >= 15 is 0 Å². The molecule has 0 aromatic heterocycles. The van der Waals surface area contributed by atoms with Crippen LogP contribution in [0.2, 0.25) is 0 Å². The summed E-state index contributed by atoms with van der Waals surface area (Å²) in [7, 11) is 0. The number of carbonyl (C=O) groups excluding carboxylic acids is 3. The van der Waals surface area contributed by atoms with Gasteiger partial charge in [-0.05, 0) is 54.7 Å². The molecular weight excluding hydrogens is 588 g/mol. The number of amides is 3. The number of hydrogen-bond acceptors (Lipinski definition) is 7. The highest BCUT2D eigenvalue weighted by molar-refractivity contribution is 6.07. The van der Waals surface area contributed by atoms with E-state index in [9.17, 15) is 34.7 Å². The number of aliphatic hydroxyl groups excluding tert-OH is 1. The van der Waals surface area contributed by atoms with E-state index in [1.54, 1.807) is 28.9 Å². The van der Waals surface area contributed by atoms with Crippen molar-refractivity contribution in [3.63, 3.8) is 0 Å². The van der Waals surface area contributed by atoms with E-state index in [1.165, 1.54) is 23.1 Å². The zero-order valence-electron chi connectivity index (χ0n) is 25.5. The summed E-state index contributed by atoms with van der Waals surface area (Å²) < 4.78 is 0. The maximum atomic E-state index is 14.1. The molecule has 0 spiro atoms. The molecule has 3 aromatic rings. The van der Waals surface area contributed by atoms with Crippen molar-refractivity contribution in [1.29, 1.82) is 0 Å². The Balaban J connectivity index is 1.28. The molecule has 2 N–H and O–H groups in total. The second-order valence-corrected chi connectivity index (χ2v) is 12.1. The standard InChI is InChI=1S/C35H36N4O7/c1-23(7-4-13-32(41)36-18-6-11-28(36)22-40)35(44)29-20-27(39(45)46)15-16-31(29)37(34(35)43)21-24-8-5-10-26(19-24)38-30-12-3-2-9-25(30)14-17-33(38)42/h2-5,7-10,12,15-16,19-20,23,28,40,44H,6,11,13-14,17-18,21-22H2,1H3/b7-4+/t23-,28+,35+/m1/s1. The first kappa shape index (κ1) is 31.1. The average molecular weight is 625 g/mol. The van der Waals surface area contributed by atoms with Gasteiger partial charge in [0, 0.05) is 48.7 Å². The number of carbonyl (C=O) groups is 3. The fraction of sp³-hybridized carbons (Fsp3) is 0.343. The molecule has 238 valence electrons. The van der Waals surface area contributed by atoms with Gasteiger partial charge in [-0.3, -0.25) is 29.4 Å². The molecule has 3 aromatic carbocycles. The topological polar surface area (TPSA) is 145 Å². The summed E-state index contributed by atoms with van der Waals surface area (Å²) in [5, 5.41) is 33.3. The van der Waals surface area contributed by atoms with Crippen LogP contribution in [0.1, 0.15) is 49.3 Å². The highest BCUT2D eigenvalue weighted by Crippen LogP contribution is 2.47. The first-order valence-electron chi connectivity index (χ1n) is 15.5. The fourth-order valence-corrected chi connectivity index (χ4v) is 6.88. The Morgan fingerprint density at radius 2 is 1.89 bits per heavy atom. The fourth-order valence-electron chi connectivity index (χ4n) is 6.88. The van der Waals surface area contributed by atoms with Gasteiger partial charge >= 0.3 is 0 Å². The molecule has 11 heteroatoms. The minimum Gasteiger partial charge on any atom is -0.394 e. The van der Waals surface area contributed by atoms with Crippen LogP contribution < -0.4 is 9.80 Å². The average Bonchev–Trinajstić information content (AvgIpc) is 3.62. The number of rotatable bonds is 9. The molecule has 0 aliphatic carbocycles. The van der Waals surface area contributed by atoms with Crippen molar-refractivity contribution in [1.82, 2.24) is 4.90 Å². The Labute approximate surface area is 266 Å². The molecule has 0 unspecified atom stereocenters. The third kappa shape index (κ3) is 5.45. The summed E-state index contributed by atoms with van der Waals surface area (Å²) >= 11 is 0. The molecule has 11 nitrogen and oxygen atoms in total. The maximum absolute atomic E-state index is 14.1. The highest BCUT2D eigenvalue weighted by atomic mass is 16.6. The molecule has 6 rings (SSSR count). The maximum Gasteiger partial charge on any atom is 0.269 e. The van der Waals surface area contributed by atoms with Crippen LogP contribution in [-0.2, 0) is 33.0 Å². The van der Waals surface area contributed by atoms with Gasteiger partial charge in [-0.2, -0.15) is 0 Å². The molecule has 0 radical (unpaired) electrons. The van der Waals surface area contributed by atoms with E-state index < -0.39 is 22.3 Å². The van der Waals surface area contributed by atoms with Gasteiger partial charge in [-0.1, -0.05) is 49.4 Å². The van der Waals surface area contributed by atoms with E-state index in [-0.39, 0.29) is 48.7 Å². The summed E-state index contributed by atoms with van der Waals surface area (Å²) in [4.78, 5) is 55.8. The number of hydrogen-bond donors (Lipinski definition) is 2. The van der Waals surface area contributed by atoms with Crippen LogP contribution in [0.15, 0.2) is 78.9 Å². The van der Waals surface area contributed by atoms with Crippen molar-refractivity contribution < 1.29 is 29.5 Å². The van der Waals surface area contributed by atoms with E-state index in [2.05, 4.69) is 0 Å². The Morgan fingerprint density at radius 1 is 1.09 bits per heavy atom. The number of para-hydroxylation sites is 1. The monoisotopic (exact) mass is 624 g/mol. The summed E-state index contributed by atoms with van der Waals surface area (Å²) in [5.41, 5.74) is 1.33. The predicted octanol–water partition coefficient (Wildman–Crippen LogP) is 4.51. The number of fused-ring (bicyclic) bond motifs is 2. The number of aliphatic hydroxyl groups is 2. The van der Waals surface area contributed by atoms with Crippen molar-refractivity contribution in [2.75, 3.05) is 23.0 Å². The van der Waals surface area contributed by atoms with E-state index in [0.29, 0.717) is 36.3 Å². The lowest BCUT2D eigenvalue weighted by Crippen LogP contribution is -2.44. The quantitative estimate of drug-likeness (QED) is 0.203. The van der Waals surface area contributed by atoms with Gasteiger partial charge in [0.15, 0.2) is 5.60 Å².